The molecule has 0 aliphatic carbocycles. The Kier molecular flexibility index (Phi) is 5.88. The van der Waals surface area contributed by atoms with Crippen LogP contribution < -0.4 is 10.5 Å². The van der Waals surface area contributed by atoms with Crippen molar-refractivity contribution in [2.24, 2.45) is 5.92 Å². The lowest BCUT2D eigenvalue weighted by molar-refractivity contribution is -0.122. The maximum Gasteiger partial charge on any atom is 0.339 e. The molecule has 28 heavy (non-hydrogen) atoms. The average molecular weight is 401 g/mol. The summed E-state index contributed by atoms with van der Waals surface area (Å²) in [7, 11) is 2.94. The first-order chi connectivity index (χ1) is 13.4. The molecule has 1 atom stereocenters. The fourth-order valence-corrected chi connectivity index (χ4v) is 4.51. The van der Waals surface area contributed by atoms with E-state index < -0.39 is 5.97 Å². The second kappa shape index (κ2) is 8.18. The molecular formula is C20H23N3O4S. The molecule has 0 N–H and O–H groups in total. The summed E-state index contributed by atoms with van der Waals surface area (Å²) in [5, 5.41) is 0.654. The van der Waals surface area contributed by atoms with E-state index in [2.05, 4.69) is 4.98 Å². The van der Waals surface area contributed by atoms with Crippen LogP contribution in [0.2, 0.25) is 0 Å². The molecule has 7 nitrogen and oxygen atoms in total. The zero-order valence-electron chi connectivity index (χ0n) is 16.4. The SMILES string of the molecule is CCc1c(C)nc2n(c1=O)CC(C(=O)N(C)c1ccccc1C(=O)OC)CS2. The van der Waals surface area contributed by atoms with Gasteiger partial charge in [0, 0.05) is 30.6 Å². The zero-order chi connectivity index (χ0) is 20.4. The predicted octanol–water partition coefficient (Wildman–Crippen LogP) is 2.29. The third-order valence-electron chi connectivity index (χ3n) is 4.95. The van der Waals surface area contributed by atoms with Gasteiger partial charge in [0.15, 0.2) is 5.16 Å². The molecule has 0 bridgehead atoms. The Morgan fingerprint density at radius 2 is 2.07 bits per heavy atom. The van der Waals surface area contributed by atoms with E-state index in [-0.39, 0.29) is 23.9 Å². The second-order valence-electron chi connectivity index (χ2n) is 6.64. The average Bonchev–Trinajstić information content (AvgIpc) is 2.72. The number of benzene rings is 1. The van der Waals surface area contributed by atoms with Crippen molar-refractivity contribution in [1.29, 1.82) is 0 Å². The van der Waals surface area contributed by atoms with Gasteiger partial charge in [-0.3, -0.25) is 14.2 Å². The minimum absolute atomic E-state index is 0.0763. The number of methoxy groups -OCH3 is 1. The highest BCUT2D eigenvalue weighted by Gasteiger charge is 2.31. The van der Waals surface area contributed by atoms with Crippen molar-refractivity contribution in [3.63, 3.8) is 0 Å². The molecule has 0 saturated heterocycles. The molecule has 8 heteroatoms. The number of rotatable bonds is 4. The molecule has 1 aromatic heterocycles. The van der Waals surface area contributed by atoms with Gasteiger partial charge in [0.25, 0.3) is 5.56 Å². The third-order valence-corrected chi connectivity index (χ3v) is 6.09. The number of carbonyl (C=O) groups excluding carboxylic acids is 2. The van der Waals surface area contributed by atoms with Gasteiger partial charge in [-0.25, -0.2) is 9.78 Å². The highest BCUT2D eigenvalue weighted by Crippen LogP contribution is 2.29. The maximum atomic E-state index is 13.1. The molecule has 148 valence electrons. The number of hydrogen-bond acceptors (Lipinski definition) is 6. The molecule has 0 radical (unpaired) electrons. The summed E-state index contributed by atoms with van der Waals surface area (Å²) in [6, 6.07) is 6.82. The van der Waals surface area contributed by atoms with Gasteiger partial charge in [0.1, 0.15) is 0 Å². The quantitative estimate of drug-likeness (QED) is 0.578. The van der Waals surface area contributed by atoms with E-state index >= 15 is 0 Å². The smallest absolute Gasteiger partial charge is 0.339 e. The number of anilines is 1. The number of para-hydroxylation sites is 1. The number of fused-ring (bicyclic) bond motifs is 1. The number of carbonyl (C=O) groups is 2. The van der Waals surface area contributed by atoms with Crippen LogP contribution in [-0.4, -0.2) is 41.3 Å². The van der Waals surface area contributed by atoms with Gasteiger partial charge in [-0.2, -0.15) is 0 Å². The fraction of sp³-hybridized carbons (Fsp3) is 0.400. The van der Waals surface area contributed by atoms with Gasteiger partial charge in [0.2, 0.25) is 5.91 Å². The van der Waals surface area contributed by atoms with E-state index in [1.165, 1.54) is 23.8 Å². The summed E-state index contributed by atoms with van der Waals surface area (Å²) in [4.78, 5) is 43.9. The molecule has 0 saturated carbocycles. The van der Waals surface area contributed by atoms with Crippen LogP contribution in [-0.2, 0) is 22.5 Å². The molecule has 2 aromatic rings. The number of esters is 1. The molecular weight excluding hydrogens is 378 g/mol. The topological polar surface area (TPSA) is 81.5 Å². The summed E-state index contributed by atoms with van der Waals surface area (Å²) in [6.45, 7) is 4.05. The molecule has 1 aliphatic rings. The van der Waals surface area contributed by atoms with Crippen molar-refractivity contribution in [2.75, 3.05) is 24.8 Å². The summed E-state index contributed by atoms with van der Waals surface area (Å²) in [6.07, 6.45) is 0.605. The monoisotopic (exact) mass is 401 g/mol. The second-order valence-corrected chi connectivity index (χ2v) is 7.63. The Labute approximate surface area is 167 Å². The number of ether oxygens (including phenoxy) is 1. The lowest BCUT2D eigenvalue weighted by Crippen LogP contribution is -2.42. The van der Waals surface area contributed by atoms with Crippen molar-refractivity contribution < 1.29 is 14.3 Å². The lowest BCUT2D eigenvalue weighted by atomic mass is 10.1. The van der Waals surface area contributed by atoms with Crippen molar-refractivity contribution in [3.8, 4) is 0 Å². The van der Waals surface area contributed by atoms with Crippen LogP contribution in [0.1, 0.15) is 28.5 Å². The lowest BCUT2D eigenvalue weighted by Gasteiger charge is -2.29. The van der Waals surface area contributed by atoms with Crippen LogP contribution in [0.15, 0.2) is 34.2 Å². The summed E-state index contributed by atoms with van der Waals surface area (Å²) < 4.78 is 6.42. The number of hydrogen-bond donors (Lipinski definition) is 0. The van der Waals surface area contributed by atoms with Crippen molar-refractivity contribution in [3.05, 3.63) is 51.4 Å². The van der Waals surface area contributed by atoms with E-state index in [9.17, 15) is 14.4 Å². The molecule has 0 spiro atoms. The standard InChI is InChI=1S/C20H23N3O4S/c1-5-14-12(2)21-20-23(18(14)25)10-13(11-28-20)17(24)22(3)16-9-7-6-8-15(16)19(26)27-4/h6-9,13H,5,10-11H2,1-4H3. The highest BCUT2D eigenvalue weighted by molar-refractivity contribution is 7.99. The van der Waals surface area contributed by atoms with Gasteiger partial charge in [-0.1, -0.05) is 30.8 Å². The maximum absolute atomic E-state index is 13.1. The predicted molar refractivity (Wildman–Crippen MR) is 108 cm³/mol. The van der Waals surface area contributed by atoms with Crippen LogP contribution in [0.3, 0.4) is 0 Å². The van der Waals surface area contributed by atoms with Crippen LogP contribution in [0.5, 0.6) is 0 Å². The van der Waals surface area contributed by atoms with E-state index in [1.54, 1.807) is 35.9 Å². The summed E-state index contributed by atoms with van der Waals surface area (Å²) >= 11 is 1.41. The first kappa shape index (κ1) is 20.1. The van der Waals surface area contributed by atoms with E-state index in [4.69, 9.17) is 4.74 Å². The van der Waals surface area contributed by atoms with Gasteiger partial charge < -0.3 is 9.64 Å². The molecule has 1 amide bonds. The van der Waals surface area contributed by atoms with Crippen LogP contribution in [0, 0.1) is 12.8 Å². The van der Waals surface area contributed by atoms with Crippen LogP contribution in [0.4, 0.5) is 5.69 Å². The molecule has 0 fully saturated rings. The van der Waals surface area contributed by atoms with Gasteiger partial charge in [-0.15, -0.1) is 0 Å². The molecule has 1 aromatic carbocycles. The van der Waals surface area contributed by atoms with E-state index in [0.717, 1.165) is 5.69 Å². The molecule has 1 unspecified atom stereocenters. The van der Waals surface area contributed by atoms with E-state index in [1.807, 2.05) is 13.8 Å². The number of thioether (sulfide) groups is 1. The fourth-order valence-electron chi connectivity index (χ4n) is 3.39. The Morgan fingerprint density at radius 1 is 1.36 bits per heavy atom. The number of nitrogens with zero attached hydrogens (tertiary/aromatic N) is 3. The van der Waals surface area contributed by atoms with Gasteiger partial charge in [-0.05, 0) is 25.5 Å². The van der Waals surface area contributed by atoms with Gasteiger partial charge in [0.05, 0.1) is 24.3 Å². The Balaban J connectivity index is 1.90. The third kappa shape index (κ3) is 3.56. The van der Waals surface area contributed by atoms with Crippen LogP contribution in [0.25, 0.3) is 0 Å². The summed E-state index contributed by atoms with van der Waals surface area (Å²) in [5.41, 5.74) is 2.17. The molecule has 3 rings (SSSR count). The first-order valence-corrected chi connectivity index (χ1v) is 10.1. The van der Waals surface area contributed by atoms with Crippen molar-refractivity contribution in [1.82, 2.24) is 9.55 Å². The normalized spacial score (nSPS) is 15.6. The molecule has 1 aliphatic heterocycles. The number of aryl methyl sites for hydroxylation is 1. The minimum Gasteiger partial charge on any atom is -0.465 e. The number of aromatic nitrogens is 2. The largest absolute Gasteiger partial charge is 0.465 e. The number of amides is 1. The van der Waals surface area contributed by atoms with Crippen molar-refractivity contribution in [2.45, 2.75) is 32.0 Å². The van der Waals surface area contributed by atoms with Crippen LogP contribution >= 0.6 is 11.8 Å². The van der Waals surface area contributed by atoms with Gasteiger partial charge >= 0.3 is 5.97 Å². The molecule has 2 heterocycles. The van der Waals surface area contributed by atoms with Crippen molar-refractivity contribution >= 4 is 29.3 Å². The Morgan fingerprint density at radius 3 is 2.75 bits per heavy atom. The minimum atomic E-state index is -0.498. The first-order valence-electron chi connectivity index (χ1n) is 9.07. The Bertz CT molecular complexity index is 986. The highest BCUT2D eigenvalue weighted by atomic mass is 32.2. The summed E-state index contributed by atoms with van der Waals surface area (Å²) in [5.74, 6) is -0.511. The van der Waals surface area contributed by atoms with E-state index in [0.29, 0.717) is 34.1 Å². The Hall–Kier alpha value is -2.61. The zero-order valence-corrected chi connectivity index (χ0v) is 17.2.